The number of azo groups is 1. The van der Waals surface area contributed by atoms with Crippen LogP contribution >= 0.6 is 11.8 Å². The fourth-order valence-electron chi connectivity index (χ4n) is 2.66. The largest absolute Gasteiger partial charge is 0.388 e. The van der Waals surface area contributed by atoms with Crippen molar-refractivity contribution in [1.82, 2.24) is 0 Å². The number of nitrogens with one attached hydrogen (secondary N) is 1. The van der Waals surface area contributed by atoms with Crippen LogP contribution in [0.5, 0.6) is 0 Å². The number of thioether (sulfide) groups is 1. The normalized spacial score (nSPS) is 11.5. The Morgan fingerprint density at radius 3 is 2.48 bits per heavy atom. The molecule has 0 saturated heterocycles. The molecule has 0 aliphatic carbocycles. The Morgan fingerprint density at radius 2 is 1.86 bits per heavy atom. The van der Waals surface area contributed by atoms with E-state index in [0.717, 1.165) is 46.2 Å². The second-order valence-corrected chi connectivity index (χ2v) is 7.92. The maximum atomic E-state index is 11.1. The van der Waals surface area contributed by atoms with Crippen LogP contribution in [0.3, 0.4) is 0 Å². The summed E-state index contributed by atoms with van der Waals surface area (Å²) in [6.07, 6.45) is 1.93. The molecule has 0 aliphatic rings. The van der Waals surface area contributed by atoms with Crippen LogP contribution < -0.4 is 10.2 Å². The summed E-state index contributed by atoms with van der Waals surface area (Å²) < 4.78 is 0. The molecule has 0 bridgehead atoms. The van der Waals surface area contributed by atoms with E-state index >= 15 is 0 Å². The molecule has 5 nitrogen and oxygen atoms in total. The molecule has 0 fully saturated rings. The highest BCUT2D eigenvalue weighted by atomic mass is 32.2. The lowest BCUT2D eigenvalue weighted by Gasteiger charge is -2.18. The van der Waals surface area contributed by atoms with Gasteiger partial charge in [0.05, 0.1) is 11.4 Å². The number of hydrogen-bond acceptors (Lipinski definition) is 6. The van der Waals surface area contributed by atoms with Gasteiger partial charge in [0, 0.05) is 50.3 Å². The van der Waals surface area contributed by atoms with Gasteiger partial charge in [-0.2, -0.15) is 5.11 Å². The Labute approximate surface area is 177 Å². The van der Waals surface area contributed by atoms with E-state index in [0.29, 0.717) is 0 Å². The number of carbonyl (C=O) groups excluding carboxylic acids is 1. The minimum absolute atomic E-state index is 0.146. The molecule has 0 radical (unpaired) electrons. The number of carbonyl (C=O) groups is 1. The summed E-state index contributed by atoms with van der Waals surface area (Å²) in [5.74, 6) is 0.771. The predicted octanol–water partition coefficient (Wildman–Crippen LogP) is 6.15. The fourth-order valence-corrected chi connectivity index (χ4v) is 3.31. The van der Waals surface area contributed by atoms with Gasteiger partial charge in [-0.1, -0.05) is 42.1 Å². The van der Waals surface area contributed by atoms with Crippen LogP contribution in [-0.2, 0) is 4.79 Å². The van der Waals surface area contributed by atoms with Gasteiger partial charge >= 0.3 is 0 Å². The van der Waals surface area contributed by atoms with Crippen molar-refractivity contribution in [1.29, 1.82) is 0 Å². The first-order valence-electron chi connectivity index (χ1n) is 9.41. The van der Waals surface area contributed by atoms with Crippen molar-refractivity contribution >= 4 is 39.6 Å². The van der Waals surface area contributed by atoms with Gasteiger partial charge < -0.3 is 10.2 Å². The Bertz CT molecular complexity index is 903. The van der Waals surface area contributed by atoms with Crippen molar-refractivity contribution in [3.8, 4) is 0 Å². The van der Waals surface area contributed by atoms with E-state index in [1.165, 1.54) is 11.8 Å². The molecule has 1 N–H and O–H groups in total. The van der Waals surface area contributed by atoms with Gasteiger partial charge in [-0.15, -0.1) is 5.11 Å². The number of nitrogens with zero attached hydrogens (tertiary/aromatic N) is 3. The summed E-state index contributed by atoms with van der Waals surface area (Å²) in [5, 5.41) is 12.2. The van der Waals surface area contributed by atoms with Gasteiger partial charge in [-0.05, 0) is 43.3 Å². The molecule has 2 aromatic carbocycles. The van der Waals surface area contributed by atoms with E-state index in [1.54, 1.807) is 6.92 Å². The minimum Gasteiger partial charge on any atom is -0.388 e. The number of benzene rings is 2. The monoisotopic (exact) mass is 408 g/mol. The maximum absolute atomic E-state index is 11.1. The highest BCUT2D eigenvalue weighted by Crippen LogP contribution is 2.28. The molecule has 0 saturated carbocycles. The predicted molar refractivity (Wildman–Crippen MR) is 126 cm³/mol. The Hall–Kier alpha value is -2.86. The molecule has 0 aromatic heterocycles. The third kappa shape index (κ3) is 7.23. The molecular formula is C23H28N4OS. The van der Waals surface area contributed by atoms with Crippen LogP contribution in [-0.4, -0.2) is 31.5 Å². The van der Waals surface area contributed by atoms with Gasteiger partial charge in [0.15, 0.2) is 5.12 Å². The topological polar surface area (TPSA) is 57.1 Å². The number of hydrogen-bond donors (Lipinski definition) is 1. The summed E-state index contributed by atoms with van der Waals surface area (Å²) in [5.41, 5.74) is 5.47. The van der Waals surface area contributed by atoms with Gasteiger partial charge in [-0.3, -0.25) is 4.79 Å². The minimum atomic E-state index is 0.146. The molecule has 29 heavy (non-hydrogen) atoms. The molecule has 2 aromatic rings. The third-order valence-corrected chi connectivity index (χ3v) is 4.94. The SMILES string of the molecule is C=C(C)C=C(N=Nc1ccc(N(C)CCSC(C)=O)cc1)c1ccccc1NC. The van der Waals surface area contributed by atoms with E-state index < -0.39 is 0 Å². The third-order valence-electron chi connectivity index (χ3n) is 4.15. The molecule has 2 rings (SSSR count). The average molecular weight is 409 g/mol. The number of rotatable bonds is 9. The van der Waals surface area contributed by atoms with Gasteiger partial charge in [0.2, 0.25) is 0 Å². The van der Waals surface area contributed by atoms with E-state index in [2.05, 4.69) is 27.0 Å². The van der Waals surface area contributed by atoms with Crippen LogP contribution in [0.2, 0.25) is 0 Å². The molecule has 0 unspecified atom stereocenters. The first kappa shape index (κ1) is 22.4. The second-order valence-electron chi connectivity index (χ2n) is 6.65. The van der Waals surface area contributed by atoms with Crippen LogP contribution in [0.25, 0.3) is 5.70 Å². The molecule has 0 atom stereocenters. The van der Waals surface area contributed by atoms with Crippen LogP contribution in [0.4, 0.5) is 17.1 Å². The maximum Gasteiger partial charge on any atom is 0.185 e. The summed E-state index contributed by atoms with van der Waals surface area (Å²) >= 11 is 1.34. The van der Waals surface area contributed by atoms with E-state index in [-0.39, 0.29) is 5.12 Å². The van der Waals surface area contributed by atoms with Crippen molar-refractivity contribution in [2.24, 2.45) is 10.2 Å². The molecule has 0 spiro atoms. The van der Waals surface area contributed by atoms with Gasteiger partial charge in [0.1, 0.15) is 0 Å². The molecule has 6 heteroatoms. The quantitative estimate of drug-likeness (QED) is 0.400. The van der Waals surface area contributed by atoms with Crippen molar-refractivity contribution in [2.75, 3.05) is 36.6 Å². The van der Waals surface area contributed by atoms with Crippen molar-refractivity contribution in [3.05, 3.63) is 72.3 Å². The standard InChI is InChI=1S/C23H28N4OS/c1-17(2)16-23(21-8-6-7-9-22(21)24-4)26-25-19-10-12-20(13-11-19)27(5)14-15-29-18(3)28/h6-13,16,24H,1,14-15H2,2-5H3. The zero-order valence-corrected chi connectivity index (χ0v) is 18.3. The van der Waals surface area contributed by atoms with Crippen LogP contribution in [0, 0.1) is 0 Å². The first-order chi connectivity index (χ1) is 13.9. The Morgan fingerprint density at radius 1 is 1.17 bits per heavy atom. The summed E-state index contributed by atoms with van der Waals surface area (Å²) in [4.78, 5) is 13.2. The van der Waals surface area contributed by atoms with Gasteiger partial charge in [-0.25, -0.2) is 0 Å². The zero-order chi connectivity index (χ0) is 21.2. The van der Waals surface area contributed by atoms with E-state index in [9.17, 15) is 4.79 Å². The van der Waals surface area contributed by atoms with E-state index in [4.69, 9.17) is 0 Å². The lowest BCUT2D eigenvalue weighted by atomic mass is 10.1. The highest BCUT2D eigenvalue weighted by molar-refractivity contribution is 8.13. The Balaban J connectivity index is 2.15. The fraction of sp³-hybridized carbons (Fsp3) is 0.261. The molecule has 0 heterocycles. The average Bonchev–Trinajstić information content (AvgIpc) is 2.70. The first-order valence-corrected chi connectivity index (χ1v) is 10.4. The number of para-hydroxylation sites is 1. The summed E-state index contributed by atoms with van der Waals surface area (Å²) in [7, 11) is 3.90. The molecule has 152 valence electrons. The number of allylic oxidation sites excluding steroid dienone is 2. The number of anilines is 2. The molecule has 0 aliphatic heterocycles. The van der Waals surface area contributed by atoms with Crippen LogP contribution in [0.15, 0.2) is 77.0 Å². The van der Waals surface area contributed by atoms with Crippen molar-refractivity contribution in [2.45, 2.75) is 13.8 Å². The molecule has 0 amide bonds. The van der Waals surface area contributed by atoms with E-state index in [1.807, 2.05) is 75.6 Å². The smallest absolute Gasteiger partial charge is 0.185 e. The molecular weight excluding hydrogens is 380 g/mol. The summed E-state index contributed by atoms with van der Waals surface area (Å²) in [6, 6.07) is 15.9. The van der Waals surface area contributed by atoms with Crippen molar-refractivity contribution in [3.63, 3.8) is 0 Å². The highest BCUT2D eigenvalue weighted by Gasteiger charge is 2.07. The zero-order valence-electron chi connectivity index (χ0n) is 17.5. The Kier molecular flexibility index (Phi) is 8.68. The van der Waals surface area contributed by atoms with Crippen molar-refractivity contribution < 1.29 is 4.79 Å². The van der Waals surface area contributed by atoms with Crippen LogP contribution in [0.1, 0.15) is 19.4 Å². The second kappa shape index (κ2) is 11.2. The lowest BCUT2D eigenvalue weighted by molar-refractivity contribution is -0.109. The van der Waals surface area contributed by atoms with Gasteiger partial charge in [0.25, 0.3) is 0 Å². The summed E-state index contributed by atoms with van der Waals surface area (Å²) in [6.45, 7) is 8.30. The lowest BCUT2D eigenvalue weighted by Crippen LogP contribution is -2.20.